The fraction of sp³-hybridized carbons (Fsp3) is 0.263. The van der Waals surface area contributed by atoms with Crippen LogP contribution in [-0.2, 0) is 4.79 Å². The summed E-state index contributed by atoms with van der Waals surface area (Å²) in [7, 11) is 0. The molecular formula is C19H19FN2O3S. The molecule has 0 aliphatic carbocycles. The van der Waals surface area contributed by atoms with Crippen molar-refractivity contribution < 1.29 is 19.1 Å². The zero-order valence-electron chi connectivity index (χ0n) is 13.9. The Kier molecular flexibility index (Phi) is 5.90. The number of carbonyl (C=O) groups is 2. The van der Waals surface area contributed by atoms with Crippen molar-refractivity contribution in [2.24, 2.45) is 0 Å². The molecule has 2 aromatic carbocycles. The number of hydrogen-bond acceptors (Lipinski definition) is 4. The molecule has 2 atom stereocenters. The van der Waals surface area contributed by atoms with Crippen molar-refractivity contribution in [3.63, 3.8) is 0 Å². The molecule has 0 aromatic heterocycles. The first-order valence-electron chi connectivity index (χ1n) is 8.25. The molecule has 1 unspecified atom stereocenters. The predicted molar refractivity (Wildman–Crippen MR) is 97.7 cm³/mol. The Morgan fingerprint density at radius 2 is 1.92 bits per heavy atom. The molecule has 1 aliphatic rings. The van der Waals surface area contributed by atoms with Crippen LogP contribution in [0.4, 0.5) is 4.39 Å². The van der Waals surface area contributed by atoms with Gasteiger partial charge in [0.25, 0.3) is 5.91 Å². The highest BCUT2D eigenvalue weighted by atomic mass is 32.2. The predicted octanol–water partition coefficient (Wildman–Crippen LogP) is 1.92. The number of rotatable bonds is 6. The third-order valence-corrected chi connectivity index (χ3v) is 5.48. The van der Waals surface area contributed by atoms with Crippen LogP contribution >= 0.6 is 11.8 Å². The van der Waals surface area contributed by atoms with Gasteiger partial charge in [0.05, 0.1) is 6.61 Å². The van der Waals surface area contributed by atoms with Gasteiger partial charge in [-0.15, -0.1) is 11.8 Å². The summed E-state index contributed by atoms with van der Waals surface area (Å²) in [6.07, 6.45) is 0. The molecule has 2 amide bonds. The lowest BCUT2D eigenvalue weighted by molar-refractivity contribution is -0.123. The van der Waals surface area contributed by atoms with Gasteiger partial charge in [0.2, 0.25) is 5.91 Å². The quantitative estimate of drug-likeness (QED) is 0.722. The molecule has 0 radical (unpaired) electrons. The number of carbonyl (C=O) groups excluding carboxylic acids is 2. The SMILES string of the molecule is O=C(N[C@@H](CO)C(=O)NCC1CSc2ccccc21)c1ccc(F)cc1. The summed E-state index contributed by atoms with van der Waals surface area (Å²) < 4.78 is 12.9. The zero-order chi connectivity index (χ0) is 18.5. The first-order valence-corrected chi connectivity index (χ1v) is 9.23. The van der Waals surface area contributed by atoms with Gasteiger partial charge in [-0.2, -0.15) is 0 Å². The van der Waals surface area contributed by atoms with Crippen molar-refractivity contribution in [1.82, 2.24) is 10.6 Å². The minimum absolute atomic E-state index is 0.201. The summed E-state index contributed by atoms with van der Waals surface area (Å²) in [5, 5.41) is 14.7. The first kappa shape index (κ1) is 18.4. The zero-order valence-corrected chi connectivity index (χ0v) is 14.8. The third kappa shape index (κ3) is 4.23. The Labute approximate surface area is 155 Å². The van der Waals surface area contributed by atoms with Crippen molar-refractivity contribution >= 4 is 23.6 Å². The number of aliphatic hydroxyl groups excluding tert-OH is 1. The normalized spacial score (nSPS) is 16.6. The molecule has 0 spiro atoms. The number of amides is 2. The summed E-state index contributed by atoms with van der Waals surface area (Å²) in [6, 6.07) is 12.0. The number of nitrogens with one attached hydrogen (secondary N) is 2. The second-order valence-electron chi connectivity index (χ2n) is 6.01. The van der Waals surface area contributed by atoms with Crippen LogP contribution in [0.15, 0.2) is 53.4 Å². The summed E-state index contributed by atoms with van der Waals surface area (Å²) in [5.74, 6) is -0.357. The van der Waals surface area contributed by atoms with Gasteiger partial charge in [0, 0.05) is 28.7 Å². The third-order valence-electron chi connectivity index (χ3n) is 4.23. The largest absolute Gasteiger partial charge is 0.394 e. The molecule has 136 valence electrons. The maximum absolute atomic E-state index is 12.9. The first-order chi connectivity index (χ1) is 12.6. The average Bonchev–Trinajstić information content (AvgIpc) is 3.07. The molecule has 2 aromatic rings. The minimum Gasteiger partial charge on any atom is -0.394 e. The summed E-state index contributed by atoms with van der Waals surface area (Å²) >= 11 is 1.75. The molecule has 0 saturated carbocycles. The highest BCUT2D eigenvalue weighted by Crippen LogP contribution is 2.38. The molecule has 1 heterocycles. The standard InChI is InChI=1S/C19H19FN2O3S/c20-14-7-5-12(6-8-14)18(24)22-16(10-23)19(25)21-9-13-11-26-17-4-2-1-3-15(13)17/h1-8,13,16,23H,9-11H2,(H,21,25)(H,22,24)/t13?,16-/m0/s1. The van der Waals surface area contributed by atoms with E-state index in [-0.39, 0.29) is 11.5 Å². The summed E-state index contributed by atoms with van der Waals surface area (Å²) in [6.45, 7) is -0.0828. The lowest BCUT2D eigenvalue weighted by atomic mass is 10.0. The average molecular weight is 374 g/mol. The van der Waals surface area contributed by atoms with Crippen molar-refractivity contribution in [2.75, 3.05) is 18.9 Å². The minimum atomic E-state index is -1.06. The molecule has 7 heteroatoms. The number of halogens is 1. The van der Waals surface area contributed by atoms with E-state index in [9.17, 15) is 19.1 Å². The maximum Gasteiger partial charge on any atom is 0.251 e. The topological polar surface area (TPSA) is 78.4 Å². The molecular weight excluding hydrogens is 355 g/mol. The van der Waals surface area contributed by atoms with Crippen LogP contribution in [0.3, 0.4) is 0 Å². The molecule has 0 saturated heterocycles. The van der Waals surface area contributed by atoms with E-state index in [1.165, 1.54) is 22.6 Å². The van der Waals surface area contributed by atoms with Crippen LogP contribution < -0.4 is 10.6 Å². The Morgan fingerprint density at radius 3 is 2.65 bits per heavy atom. The summed E-state index contributed by atoms with van der Waals surface area (Å²) in [4.78, 5) is 25.7. The lowest BCUT2D eigenvalue weighted by Crippen LogP contribution is -2.49. The van der Waals surface area contributed by atoms with Crippen LogP contribution in [0, 0.1) is 5.82 Å². The second kappa shape index (κ2) is 8.33. The monoisotopic (exact) mass is 374 g/mol. The van der Waals surface area contributed by atoms with Gasteiger partial charge in [-0.25, -0.2) is 4.39 Å². The number of aliphatic hydroxyl groups is 1. The van der Waals surface area contributed by atoms with E-state index in [1.807, 2.05) is 18.2 Å². The highest BCUT2D eigenvalue weighted by molar-refractivity contribution is 7.99. The van der Waals surface area contributed by atoms with Crippen molar-refractivity contribution in [3.05, 3.63) is 65.5 Å². The molecule has 1 aliphatic heterocycles. The van der Waals surface area contributed by atoms with Crippen LogP contribution in [0.5, 0.6) is 0 Å². The van der Waals surface area contributed by atoms with Gasteiger partial charge in [-0.3, -0.25) is 9.59 Å². The van der Waals surface area contributed by atoms with Crippen LogP contribution in [0.25, 0.3) is 0 Å². The van der Waals surface area contributed by atoms with Gasteiger partial charge >= 0.3 is 0 Å². The van der Waals surface area contributed by atoms with E-state index in [2.05, 4.69) is 16.7 Å². The molecule has 0 fully saturated rings. The Bertz CT molecular complexity index is 798. The Balaban J connectivity index is 1.56. The van der Waals surface area contributed by atoms with Gasteiger partial charge < -0.3 is 15.7 Å². The fourth-order valence-corrected chi connectivity index (χ4v) is 4.04. The number of hydrogen-bond donors (Lipinski definition) is 3. The van der Waals surface area contributed by atoms with Gasteiger partial charge in [0.15, 0.2) is 0 Å². The van der Waals surface area contributed by atoms with Gasteiger partial charge in [-0.05, 0) is 35.9 Å². The fourth-order valence-electron chi connectivity index (χ4n) is 2.78. The van der Waals surface area contributed by atoms with E-state index in [0.717, 1.165) is 17.9 Å². The van der Waals surface area contributed by atoms with Crippen molar-refractivity contribution in [3.8, 4) is 0 Å². The van der Waals surface area contributed by atoms with E-state index >= 15 is 0 Å². The van der Waals surface area contributed by atoms with Crippen LogP contribution in [0.2, 0.25) is 0 Å². The number of fused-ring (bicyclic) bond motifs is 1. The molecule has 26 heavy (non-hydrogen) atoms. The number of thioether (sulfide) groups is 1. The van der Waals surface area contributed by atoms with E-state index < -0.39 is 30.3 Å². The van der Waals surface area contributed by atoms with Gasteiger partial charge in [-0.1, -0.05) is 18.2 Å². The second-order valence-corrected chi connectivity index (χ2v) is 7.07. The van der Waals surface area contributed by atoms with E-state index in [1.54, 1.807) is 11.8 Å². The van der Waals surface area contributed by atoms with Crippen molar-refractivity contribution in [1.29, 1.82) is 0 Å². The van der Waals surface area contributed by atoms with Crippen LogP contribution in [-0.4, -0.2) is 41.9 Å². The molecule has 0 bridgehead atoms. The van der Waals surface area contributed by atoms with Crippen LogP contribution in [0.1, 0.15) is 21.8 Å². The lowest BCUT2D eigenvalue weighted by Gasteiger charge is -2.18. The van der Waals surface area contributed by atoms with E-state index in [0.29, 0.717) is 6.54 Å². The Hall–Kier alpha value is -2.38. The molecule has 5 nitrogen and oxygen atoms in total. The smallest absolute Gasteiger partial charge is 0.251 e. The summed E-state index contributed by atoms with van der Waals surface area (Å²) in [5.41, 5.74) is 1.42. The van der Waals surface area contributed by atoms with Crippen molar-refractivity contribution in [2.45, 2.75) is 16.9 Å². The Morgan fingerprint density at radius 1 is 1.19 bits per heavy atom. The molecule has 3 N–H and O–H groups in total. The maximum atomic E-state index is 12.9. The molecule has 3 rings (SSSR count). The van der Waals surface area contributed by atoms with E-state index in [4.69, 9.17) is 0 Å². The number of benzene rings is 2. The van der Waals surface area contributed by atoms with Gasteiger partial charge in [0.1, 0.15) is 11.9 Å². The highest BCUT2D eigenvalue weighted by Gasteiger charge is 2.25.